The van der Waals surface area contributed by atoms with Crippen LogP contribution < -0.4 is 18.9 Å². The first-order valence-corrected chi connectivity index (χ1v) is 26.9. The molecule has 80 heavy (non-hydrogen) atoms. The monoisotopic (exact) mass is 1080 g/mol. The standard InChI is InChI=1S/C33H34N2O6.C31H30N2O6/c1-3-38-32(36)29-22-35(33(37)40-28-12-8-5-9-13-28)21-26(29)20-24-14-16-27(17-15-24)39-19-18-30-23(2)34-31(41-30)25-10-6-4-7-11-25;1-21-28(39-29(32-21)23-8-4-2-5-9-23)16-17-37-25-14-12-22(13-15-25)18-24-19-33(20-27(24)30(34)35)31(36)38-26-10-6-3-7-11-26/h4-17,26,29H,3,18-22H2,1-2H3;2-15,24,27H,16-20H2,1H3,(H,34,35)/t26-,29+;24-,27+/m11/s1. The molecule has 6 aromatic carbocycles. The molecule has 2 aromatic heterocycles. The lowest BCUT2D eigenvalue weighted by molar-refractivity contribution is -0.148. The minimum Gasteiger partial charge on any atom is -0.493 e. The topological polar surface area (TPSA) is 193 Å². The molecule has 2 fully saturated rings. The number of aromatic nitrogens is 2. The Bertz CT molecular complexity index is 3280. The van der Waals surface area contributed by atoms with Crippen molar-refractivity contribution in [1.82, 2.24) is 19.8 Å². The second-order valence-corrected chi connectivity index (χ2v) is 19.7. The van der Waals surface area contributed by atoms with Crippen molar-refractivity contribution < 1.29 is 56.8 Å². The lowest BCUT2D eigenvalue weighted by Crippen LogP contribution is -2.32. The number of hydrogen-bond acceptors (Lipinski definition) is 13. The number of carboxylic acid groups (broad SMARTS) is 1. The van der Waals surface area contributed by atoms with Crippen LogP contribution in [0.4, 0.5) is 9.59 Å². The highest BCUT2D eigenvalue weighted by Crippen LogP contribution is 2.32. The maximum atomic E-state index is 12.8. The van der Waals surface area contributed by atoms with Crippen molar-refractivity contribution in [3.63, 3.8) is 0 Å². The van der Waals surface area contributed by atoms with Crippen LogP contribution in [0.5, 0.6) is 23.0 Å². The molecule has 0 aliphatic carbocycles. The summed E-state index contributed by atoms with van der Waals surface area (Å²) in [6.45, 7) is 7.96. The molecule has 412 valence electrons. The minimum atomic E-state index is -0.909. The quantitative estimate of drug-likeness (QED) is 0.0752. The van der Waals surface area contributed by atoms with Gasteiger partial charge in [-0.05, 0) is 129 Å². The summed E-state index contributed by atoms with van der Waals surface area (Å²) >= 11 is 0. The summed E-state index contributed by atoms with van der Waals surface area (Å²) in [4.78, 5) is 62.2. The third-order valence-corrected chi connectivity index (χ3v) is 14.1. The fraction of sp³-hybridized carbons (Fsp3) is 0.281. The summed E-state index contributed by atoms with van der Waals surface area (Å²) < 4.78 is 40.0. The number of carbonyl (C=O) groups excluding carboxylic acids is 3. The summed E-state index contributed by atoms with van der Waals surface area (Å²) in [7, 11) is 0. The van der Waals surface area contributed by atoms with Crippen LogP contribution in [0.3, 0.4) is 0 Å². The van der Waals surface area contributed by atoms with Crippen LogP contribution in [0.1, 0.15) is 41.0 Å². The maximum Gasteiger partial charge on any atom is 0.415 e. The van der Waals surface area contributed by atoms with Crippen LogP contribution in [-0.4, -0.2) is 95.0 Å². The first-order chi connectivity index (χ1) is 39.0. The second kappa shape index (κ2) is 26.9. The average molecular weight is 1080 g/mol. The molecule has 2 amide bonds. The van der Waals surface area contributed by atoms with Gasteiger partial charge in [0.05, 0.1) is 43.0 Å². The van der Waals surface area contributed by atoms with Gasteiger partial charge < -0.3 is 47.4 Å². The number of benzene rings is 6. The van der Waals surface area contributed by atoms with E-state index in [1.165, 1.54) is 4.90 Å². The fourth-order valence-corrected chi connectivity index (χ4v) is 9.86. The van der Waals surface area contributed by atoms with E-state index in [1.54, 1.807) is 60.4 Å². The average Bonchev–Trinajstić information content (AvgIpc) is 4.30. The summed E-state index contributed by atoms with van der Waals surface area (Å²) in [5.74, 6) is 2.61. The van der Waals surface area contributed by atoms with E-state index in [0.717, 1.165) is 50.9 Å². The van der Waals surface area contributed by atoms with Crippen molar-refractivity contribution in [3.05, 3.63) is 204 Å². The number of aliphatic carboxylic acids is 1. The summed E-state index contributed by atoms with van der Waals surface area (Å²) in [5, 5.41) is 9.76. The fourth-order valence-electron chi connectivity index (χ4n) is 9.86. The van der Waals surface area contributed by atoms with Gasteiger partial charge in [-0.1, -0.05) is 97.1 Å². The first kappa shape index (κ1) is 55.6. The number of amides is 2. The number of nitrogens with zero attached hydrogens (tertiary/aromatic N) is 4. The normalized spacial score (nSPS) is 16.5. The predicted octanol–water partition coefficient (Wildman–Crippen LogP) is 11.8. The van der Waals surface area contributed by atoms with Crippen LogP contribution in [0.25, 0.3) is 22.9 Å². The maximum absolute atomic E-state index is 12.8. The van der Waals surface area contributed by atoms with E-state index < -0.39 is 30.0 Å². The number of rotatable bonds is 19. The first-order valence-electron chi connectivity index (χ1n) is 26.9. The van der Waals surface area contributed by atoms with E-state index >= 15 is 0 Å². The number of likely N-dealkylation sites (tertiary alicyclic amines) is 2. The van der Waals surface area contributed by atoms with Gasteiger partial charge in [-0.3, -0.25) is 9.59 Å². The number of ether oxygens (including phenoxy) is 5. The Morgan fingerprint density at radius 3 is 1.30 bits per heavy atom. The second-order valence-electron chi connectivity index (χ2n) is 19.7. The van der Waals surface area contributed by atoms with Crippen molar-refractivity contribution in [2.45, 2.75) is 46.5 Å². The number of oxazole rings is 2. The number of esters is 1. The Kier molecular flexibility index (Phi) is 18.7. The van der Waals surface area contributed by atoms with Gasteiger partial charge in [-0.2, -0.15) is 0 Å². The number of aryl methyl sites for hydroxylation is 2. The lowest BCUT2D eigenvalue weighted by atomic mass is 9.90. The third kappa shape index (κ3) is 14.9. The highest BCUT2D eigenvalue weighted by Gasteiger charge is 2.42. The molecule has 10 rings (SSSR count). The lowest BCUT2D eigenvalue weighted by Gasteiger charge is -2.17. The Labute approximate surface area is 464 Å². The van der Waals surface area contributed by atoms with E-state index in [2.05, 4.69) is 9.97 Å². The Morgan fingerprint density at radius 2 is 0.900 bits per heavy atom. The van der Waals surface area contributed by atoms with Crippen LogP contribution in [-0.2, 0) is 40.0 Å². The molecule has 0 radical (unpaired) electrons. The Hall–Kier alpha value is -9.18. The van der Waals surface area contributed by atoms with Gasteiger partial charge in [0.2, 0.25) is 11.8 Å². The largest absolute Gasteiger partial charge is 0.493 e. The molecular weight excluding hydrogens is 1020 g/mol. The van der Waals surface area contributed by atoms with Crippen LogP contribution in [0.2, 0.25) is 0 Å². The molecular formula is C64H64N4O12. The van der Waals surface area contributed by atoms with Gasteiger partial charge in [0.15, 0.2) is 0 Å². The van der Waals surface area contributed by atoms with E-state index in [1.807, 2.05) is 135 Å². The van der Waals surface area contributed by atoms with Gasteiger partial charge in [0.25, 0.3) is 0 Å². The highest BCUT2D eigenvalue weighted by molar-refractivity contribution is 5.77. The predicted molar refractivity (Wildman–Crippen MR) is 298 cm³/mol. The molecule has 0 bridgehead atoms. The Balaban J connectivity index is 0.000000194. The molecule has 8 aromatic rings. The molecule has 16 heteroatoms. The molecule has 0 saturated carbocycles. The Morgan fingerprint density at radius 1 is 0.512 bits per heavy atom. The highest BCUT2D eigenvalue weighted by atomic mass is 16.6. The van der Waals surface area contributed by atoms with Crippen molar-refractivity contribution in [2.24, 2.45) is 23.7 Å². The van der Waals surface area contributed by atoms with Crippen molar-refractivity contribution in [3.8, 4) is 45.9 Å². The summed E-state index contributed by atoms with van der Waals surface area (Å²) in [5.41, 5.74) is 5.62. The molecule has 4 heterocycles. The van der Waals surface area contributed by atoms with Crippen molar-refractivity contribution in [1.29, 1.82) is 0 Å². The van der Waals surface area contributed by atoms with Gasteiger partial charge >= 0.3 is 24.1 Å². The summed E-state index contributed by atoms with van der Waals surface area (Å²) in [6, 6.07) is 52.8. The van der Waals surface area contributed by atoms with Crippen LogP contribution in [0, 0.1) is 37.5 Å². The molecule has 0 unspecified atom stereocenters. The molecule has 2 aliphatic rings. The molecule has 0 spiro atoms. The smallest absolute Gasteiger partial charge is 0.415 e. The summed E-state index contributed by atoms with van der Waals surface area (Å²) in [6.07, 6.45) is 1.35. The number of carboxylic acids is 1. The zero-order valence-corrected chi connectivity index (χ0v) is 45.0. The van der Waals surface area contributed by atoms with Crippen molar-refractivity contribution >= 4 is 24.1 Å². The van der Waals surface area contributed by atoms with Crippen molar-refractivity contribution in [2.75, 3.05) is 46.0 Å². The molecule has 2 aliphatic heterocycles. The molecule has 2 saturated heterocycles. The van der Waals surface area contributed by atoms with Gasteiger partial charge in [-0.25, -0.2) is 19.6 Å². The van der Waals surface area contributed by atoms with E-state index in [4.69, 9.17) is 32.5 Å². The SMILES string of the molecule is CCOC(=O)[C@H]1CN(C(=O)Oc2ccccc2)C[C@H]1Cc1ccc(OCCc2oc(-c3ccccc3)nc2C)cc1.Cc1nc(-c2ccccc2)oc1CCOc1ccc(C[C@@H]2CN(C(=O)Oc3ccccc3)C[C@@H]2C(=O)O)cc1. The van der Waals surface area contributed by atoms with E-state index in [-0.39, 0.29) is 30.9 Å². The van der Waals surface area contributed by atoms with Gasteiger partial charge in [-0.15, -0.1) is 0 Å². The van der Waals surface area contributed by atoms with E-state index in [9.17, 15) is 24.3 Å². The molecule has 1 N–H and O–H groups in total. The number of carbonyl (C=O) groups is 4. The number of hydrogen-bond donors (Lipinski definition) is 1. The van der Waals surface area contributed by atoms with Gasteiger partial charge in [0, 0.05) is 50.1 Å². The zero-order chi connectivity index (χ0) is 55.8. The van der Waals surface area contributed by atoms with Crippen LogP contribution in [0.15, 0.2) is 179 Å². The van der Waals surface area contributed by atoms with Gasteiger partial charge in [0.1, 0.15) is 34.5 Å². The molecule has 4 atom stereocenters. The third-order valence-electron chi connectivity index (χ3n) is 14.1. The minimum absolute atomic E-state index is 0.0858. The molecule has 16 nitrogen and oxygen atoms in total. The zero-order valence-electron chi connectivity index (χ0n) is 45.0. The number of para-hydroxylation sites is 2. The van der Waals surface area contributed by atoms with Crippen LogP contribution >= 0.6 is 0 Å². The van der Waals surface area contributed by atoms with E-state index in [0.29, 0.717) is 87.6 Å².